The average molecular weight is 399 g/mol. The predicted molar refractivity (Wildman–Crippen MR) is 102 cm³/mol. The van der Waals surface area contributed by atoms with Gasteiger partial charge in [-0.1, -0.05) is 12.1 Å². The minimum atomic E-state index is -1.69. The molecule has 8 heteroatoms. The molecule has 0 atom stereocenters. The van der Waals surface area contributed by atoms with Crippen LogP contribution in [0.4, 0.5) is 24.5 Å². The van der Waals surface area contributed by atoms with Gasteiger partial charge in [-0.25, -0.2) is 13.2 Å². The van der Waals surface area contributed by atoms with Gasteiger partial charge in [-0.05, 0) is 49.2 Å². The maximum absolute atomic E-state index is 13.7. The average Bonchev–Trinajstić information content (AvgIpc) is 2.71. The van der Waals surface area contributed by atoms with E-state index in [4.69, 9.17) is 0 Å². The van der Waals surface area contributed by atoms with Crippen LogP contribution in [0.5, 0.6) is 0 Å². The summed E-state index contributed by atoms with van der Waals surface area (Å²) < 4.78 is 40.1. The number of aromatic nitrogens is 1. The topological polar surface area (TPSA) is 71.1 Å². The second-order valence-corrected chi connectivity index (χ2v) is 6.41. The van der Waals surface area contributed by atoms with Crippen molar-refractivity contribution in [3.8, 4) is 0 Å². The van der Waals surface area contributed by atoms with Crippen LogP contribution >= 0.6 is 0 Å². The molecule has 3 rings (SSSR count). The fourth-order valence-corrected chi connectivity index (χ4v) is 2.57. The Kier molecular flexibility index (Phi) is 5.63. The smallest absolute Gasteiger partial charge is 0.257 e. The number of halogens is 3. The fourth-order valence-electron chi connectivity index (χ4n) is 2.57. The summed E-state index contributed by atoms with van der Waals surface area (Å²) in [5, 5.41) is 4.88. The number of anilines is 2. The lowest BCUT2D eigenvalue weighted by Gasteiger charge is -2.10. The van der Waals surface area contributed by atoms with E-state index in [9.17, 15) is 22.8 Å². The first-order valence-electron chi connectivity index (χ1n) is 8.55. The number of amides is 2. The van der Waals surface area contributed by atoms with Crippen LogP contribution in [0.3, 0.4) is 0 Å². The zero-order valence-corrected chi connectivity index (χ0v) is 15.5. The van der Waals surface area contributed by atoms with Gasteiger partial charge in [0.15, 0.2) is 17.5 Å². The molecule has 2 N–H and O–H groups in total. The molecule has 0 fully saturated rings. The van der Waals surface area contributed by atoms with Crippen LogP contribution in [0.25, 0.3) is 0 Å². The summed E-state index contributed by atoms with van der Waals surface area (Å²) in [6.07, 6.45) is 2.44. The fraction of sp³-hybridized carbons (Fsp3) is 0.0952. The molecule has 0 aliphatic rings. The first kappa shape index (κ1) is 20.1. The molecule has 0 saturated heterocycles. The number of carbonyl (C=O) groups is 2. The minimum absolute atomic E-state index is 0.0530. The number of nitrogens with zero attached hydrogens (tertiary/aromatic N) is 1. The van der Waals surface area contributed by atoms with E-state index in [-0.39, 0.29) is 11.1 Å². The van der Waals surface area contributed by atoms with Gasteiger partial charge in [-0.15, -0.1) is 0 Å². The molecule has 29 heavy (non-hydrogen) atoms. The van der Waals surface area contributed by atoms with Crippen molar-refractivity contribution in [2.45, 2.75) is 13.8 Å². The van der Waals surface area contributed by atoms with Gasteiger partial charge in [0, 0.05) is 18.1 Å². The van der Waals surface area contributed by atoms with Crippen LogP contribution in [0.1, 0.15) is 31.8 Å². The molecular formula is C21H16F3N3O2. The van der Waals surface area contributed by atoms with Gasteiger partial charge in [-0.2, -0.15) is 0 Å². The molecule has 3 aromatic rings. The first-order valence-corrected chi connectivity index (χ1v) is 8.55. The second kappa shape index (κ2) is 8.14. The molecule has 0 aliphatic heterocycles. The normalized spacial score (nSPS) is 10.5. The van der Waals surface area contributed by atoms with Gasteiger partial charge in [-0.3, -0.25) is 14.6 Å². The molecule has 0 aliphatic carbocycles. The van der Waals surface area contributed by atoms with Crippen LogP contribution < -0.4 is 10.6 Å². The molecule has 1 heterocycles. The van der Waals surface area contributed by atoms with Crippen LogP contribution in [-0.4, -0.2) is 16.8 Å². The van der Waals surface area contributed by atoms with E-state index in [1.165, 1.54) is 18.5 Å². The Bertz CT molecular complexity index is 1120. The van der Waals surface area contributed by atoms with Crippen molar-refractivity contribution in [1.29, 1.82) is 0 Å². The Morgan fingerprint density at radius 1 is 0.793 bits per heavy atom. The third-order valence-corrected chi connectivity index (χ3v) is 4.19. The summed E-state index contributed by atoms with van der Waals surface area (Å²) in [6, 6.07) is 8.44. The summed E-state index contributed by atoms with van der Waals surface area (Å²) >= 11 is 0. The summed E-state index contributed by atoms with van der Waals surface area (Å²) in [7, 11) is 0. The number of rotatable bonds is 4. The van der Waals surface area contributed by atoms with Crippen molar-refractivity contribution in [1.82, 2.24) is 4.98 Å². The quantitative estimate of drug-likeness (QED) is 0.629. The van der Waals surface area contributed by atoms with E-state index in [0.717, 1.165) is 17.2 Å². The van der Waals surface area contributed by atoms with Crippen LogP contribution in [-0.2, 0) is 0 Å². The van der Waals surface area contributed by atoms with Crippen molar-refractivity contribution in [3.63, 3.8) is 0 Å². The predicted octanol–water partition coefficient (Wildman–Crippen LogP) is 4.62. The molecule has 2 amide bonds. The Hall–Kier alpha value is -3.68. The molecule has 0 bridgehead atoms. The summed E-state index contributed by atoms with van der Waals surface area (Å²) in [6.45, 7) is 3.73. The molecular weight excluding hydrogens is 383 g/mol. The lowest BCUT2D eigenvalue weighted by Crippen LogP contribution is -2.17. The molecule has 5 nitrogen and oxygen atoms in total. The number of nitrogens with one attached hydrogen (secondary N) is 2. The molecule has 0 radical (unpaired) electrons. The summed E-state index contributed by atoms with van der Waals surface area (Å²) in [5.41, 5.74) is 1.96. The third kappa shape index (κ3) is 4.43. The Labute approximate surface area is 164 Å². The van der Waals surface area contributed by atoms with Gasteiger partial charge < -0.3 is 10.6 Å². The van der Waals surface area contributed by atoms with Gasteiger partial charge in [0.1, 0.15) is 0 Å². The minimum Gasteiger partial charge on any atom is -0.322 e. The Morgan fingerprint density at radius 3 is 2.07 bits per heavy atom. The second-order valence-electron chi connectivity index (χ2n) is 6.41. The lowest BCUT2D eigenvalue weighted by atomic mass is 10.1. The van der Waals surface area contributed by atoms with Crippen LogP contribution in [0, 0.1) is 31.3 Å². The first-order chi connectivity index (χ1) is 13.8. The number of benzene rings is 2. The third-order valence-electron chi connectivity index (χ3n) is 4.19. The number of hydrogen-bond donors (Lipinski definition) is 2. The van der Waals surface area contributed by atoms with E-state index in [1.807, 2.05) is 32.0 Å². The van der Waals surface area contributed by atoms with Crippen molar-refractivity contribution in [3.05, 3.63) is 88.5 Å². The number of hydrogen-bond acceptors (Lipinski definition) is 3. The van der Waals surface area contributed by atoms with E-state index in [0.29, 0.717) is 11.8 Å². The standard InChI is InChI=1S/C21H16F3N3O2/c1-11-3-4-12(2)17(7-11)27-21(29)14-8-13(9-25-10-14)20(28)26-16-6-5-15(22)18(23)19(16)24/h3-10H,1-2H3,(H,26,28)(H,27,29). The highest BCUT2D eigenvalue weighted by molar-refractivity contribution is 6.08. The SMILES string of the molecule is Cc1ccc(C)c(NC(=O)c2cncc(C(=O)Nc3ccc(F)c(F)c3F)c2)c1. The van der Waals surface area contributed by atoms with Gasteiger partial charge in [0.05, 0.1) is 16.8 Å². The largest absolute Gasteiger partial charge is 0.322 e. The molecule has 0 unspecified atom stereocenters. The zero-order chi connectivity index (χ0) is 21.1. The Morgan fingerprint density at radius 2 is 1.41 bits per heavy atom. The van der Waals surface area contributed by atoms with Crippen molar-refractivity contribution >= 4 is 23.2 Å². The lowest BCUT2D eigenvalue weighted by molar-refractivity contribution is 0.102. The number of carbonyl (C=O) groups excluding carboxylic acids is 2. The Balaban J connectivity index is 1.80. The monoisotopic (exact) mass is 399 g/mol. The molecule has 1 aromatic heterocycles. The van der Waals surface area contributed by atoms with Gasteiger partial charge in [0.25, 0.3) is 11.8 Å². The van der Waals surface area contributed by atoms with Gasteiger partial charge >= 0.3 is 0 Å². The van der Waals surface area contributed by atoms with E-state index < -0.39 is 35.0 Å². The van der Waals surface area contributed by atoms with Crippen molar-refractivity contribution in [2.75, 3.05) is 10.6 Å². The molecule has 2 aromatic carbocycles. The summed E-state index contributed by atoms with van der Waals surface area (Å²) in [4.78, 5) is 28.7. The highest BCUT2D eigenvalue weighted by Gasteiger charge is 2.17. The maximum Gasteiger partial charge on any atom is 0.257 e. The summed E-state index contributed by atoms with van der Waals surface area (Å²) in [5.74, 6) is -5.89. The van der Waals surface area contributed by atoms with E-state index in [2.05, 4.69) is 15.6 Å². The highest BCUT2D eigenvalue weighted by Crippen LogP contribution is 2.21. The van der Waals surface area contributed by atoms with Crippen LogP contribution in [0.15, 0.2) is 48.8 Å². The number of pyridine rings is 1. The van der Waals surface area contributed by atoms with Crippen molar-refractivity contribution in [2.24, 2.45) is 0 Å². The molecule has 0 spiro atoms. The zero-order valence-electron chi connectivity index (χ0n) is 15.5. The molecule has 0 saturated carbocycles. The maximum atomic E-state index is 13.7. The van der Waals surface area contributed by atoms with E-state index in [1.54, 1.807) is 0 Å². The van der Waals surface area contributed by atoms with Crippen LogP contribution in [0.2, 0.25) is 0 Å². The van der Waals surface area contributed by atoms with Gasteiger partial charge in [0.2, 0.25) is 0 Å². The number of aryl methyl sites for hydroxylation is 2. The van der Waals surface area contributed by atoms with E-state index >= 15 is 0 Å². The highest BCUT2D eigenvalue weighted by atomic mass is 19.2. The van der Waals surface area contributed by atoms with Crippen molar-refractivity contribution < 1.29 is 22.8 Å². The molecule has 148 valence electrons.